The van der Waals surface area contributed by atoms with Gasteiger partial charge in [-0.1, -0.05) is 23.2 Å². The Balaban J connectivity index is 2.27. The van der Waals surface area contributed by atoms with Gasteiger partial charge >= 0.3 is 0 Å². The number of pyridine rings is 1. The first-order chi connectivity index (χ1) is 9.86. The van der Waals surface area contributed by atoms with E-state index in [1.54, 1.807) is 13.0 Å². The molecular weight excluding hydrogens is 317 g/mol. The molecule has 1 N–H and O–H groups in total. The van der Waals surface area contributed by atoms with E-state index in [0.717, 1.165) is 0 Å². The van der Waals surface area contributed by atoms with Crippen LogP contribution in [0.4, 0.5) is 11.4 Å². The standard InChI is InChI=1S/C13H9Cl2N3O3/c1-7-4-8(5-12(15)16-7)13(19)17-9-2-3-10(14)11(6-9)18(20)21/h2-6H,1H3,(H,17,19). The summed E-state index contributed by atoms with van der Waals surface area (Å²) in [5.41, 5.74) is 0.889. The number of hydrogen-bond acceptors (Lipinski definition) is 4. The highest BCUT2D eigenvalue weighted by molar-refractivity contribution is 6.32. The number of nitro groups is 1. The highest BCUT2D eigenvalue weighted by atomic mass is 35.5. The molecule has 0 fully saturated rings. The summed E-state index contributed by atoms with van der Waals surface area (Å²) in [5, 5.41) is 13.5. The molecule has 0 spiro atoms. The van der Waals surface area contributed by atoms with Crippen LogP contribution >= 0.6 is 23.2 Å². The number of benzene rings is 1. The van der Waals surface area contributed by atoms with Gasteiger partial charge in [-0.3, -0.25) is 14.9 Å². The van der Waals surface area contributed by atoms with Crippen molar-refractivity contribution in [1.29, 1.82) is 0 Å². The van der Waals surface area contributed by atoms with Crippen LogP contribution in [0.2, 0.25) is 10.2 Å². The molecule has 0 unspecified atom stereocenters. The van der Waals surface area contributed by atoms with Crippen molar-refractivity contribution in [2.75, 3.05) is 5.32 Å². The summed E-state index contributed by atoms with van der Waals surface area (Å²) < 4.78 is 0. The molecule has 2 rings (SSSR count). The number of rotatable bonds is 3. The van der Waals surface area contributed by atoms with E-state index >= 15 is 0 Å². The maximum absolute atomic E-state index is 12.1. The lowest BCUT2D eigenvalue weighted by molar-refractivity contribution is -0.384. The molecule has 0 atom stereocenters. The second kappa shape index (κ2) is 6.07. The van der Waals surface area contributed by atoms with Gasteiger partial charge in [-0.05, 0) is 31.2 Å². The van der Waals surface area contributed by atoms with Crippen LogP contribution in [0.1, 0.15) is 16.1 Å². The van der Waals surface area contributed by atoms with Gasteiger partial charge in [-0.2, -0.15) is 0 Å². The van der Waals surface area contributed by atoms with E-state index in [1.807, 2.05) is 0 Å². The van der Waals surface area contributed by atoms with E-state index in [4.69, 9.17) is 23.2 Å². The fourth-order valence-corrected chi connectivity index (χ4v) is 2.13. The summed E-state index contributed by atoms with van der Waals surface area (Å²) in [5.74, 6) is -0.445. The third-order valence-electron chi connectivity index (χ3n) is 2.59. The van der Waals surface area contributed by atoms with Gasteiger partial charge < -0.3 is 5.32 Å². The summed E-state index contributed by atoms with van der Waals surface area (Å²) in [6.07, 6.45) is 0. The van der Waals surface area contributed by atoms with E-state index in [2.05, 4.69) is 10.3 Å². The Bertz CT molecular complexity index is 714. The van der Waals surface area contributed by atoms with Crippen molar-refractivity contribution in [3.8, 4) is 0 Å². The molecule has 108 valence electrons. The van der Waals surface area contributed by atoms with Crippen LogP contribution in [0.3, 0.4) is 0 Å². The van der Waals surface area contributed by atoms with Crippen LogP contribution in [0.25, 0.3) is 0 Å². The van der Waals surface area contributed by atoms with E-state index < -0.39 is 10.8 Å². The summed E-state index contributed by atoms with van der Waals surface area (Å²) in [6, 6.07) is 6.98. The summed E-state index contributed by atoms with van der Waals surface area (Å²) in [7, 11) is 0. The van der Waals surface area contributed by atoms with Gasteiger partial charge in [0.25, 0.3) is 11.6 Å². The first-order valence-electron chi connectivity index (χ1n) is 5.76. The van der Waals surface area contributed by atoms with Crippen molar-refractivity contribution in [3.05, 3.63) is 61.9 Å². The van der Waals surface area contributed by atoms with Gasteiger partial charge in [0.15, 0.2) is 0 Å². The molecule has 2 aromatic rings. The lowest BCUT2D eigenvalue weighted by Gasteiger charge is -2.06. The average Bonchev–Trinajstić information content (AvgIpc) is 2.39. The smallest absolute Gasteiger partial charge is 0.289 e. The molecule has 21 heavy (non-hydrogen) atoms. The quantitative estimate of drug-likeness (QED) is 0.527. The second-order valence-corrected chi connectivity index (χ2v) is 4.99. The van der Waals surface area contributed by atoms with Crippen LogP contribution in [0, 0.1) is 17.0 Å². The third kappa shape index (κ3) is 3.68. The summed E-state index contributed by atoms with van der Waals surface area (Å²) in [6.45, 7) is 1.70. The van der Waals surface area contributed by atoms with Crippen LogP contribution in [-0.2, 0) is 0 Å². The molecule has 0 aliphatic rings. The normalized spacial score (nSPS) is 10.2. The molecule has 0 saturated carbocycles. The topological polar surface area (TPSA) is 85.1 Å². The Morgan fingerprint density at radius 1 is 1.29 bits per heavy atom. The molecule has 1 aromatic heterocycles. The minimum Gasteiger partial charge on any atom is -0.322 e. The number of halogens is 2. The monoisotopic (exact) mass is 325 g/mol. The van der Waals surface area contributed by atoms with Crippen LogP contribution < -0.4 is 5.32 Å². The maximum atomic E-state index is 12.1. The van der Waals surface area contributed by atoms with E-state index in [0.29, 0.717) is 11.3 Å². The SMILES string of the molecule is Cc1cc(C(=O)Nc2ccc(Cl)c([N+](=O)[O-])c2)cc(Cl)n1. The highest BCUT2D eigenvalue weighted by Gasteiger charge is 2.15. The minimum absolute atomic E-state index is 0.000740. The van der Waals surface area contributed by atoms with Crippen molar-refractivity contribution in [1.82, 2.24) is 4.98 Å². The van der Waals surface area contributed by atoms with Gasteiger partial charge in [0, 0.05) is 23.0 Å². The first kappa shape index (κ1) is 15.2. The minimum atomic E-state index is -0.620. The Hall–Kier alpha value is -2.18. The highest BCUT2D eigenvalue weighted by Crippen LogP contribution is 2.27. The maximum Gasteiger partial charge on any atom is 0.289 e. The third-order valence-corrected chi connectivity index (χ3v) is 3.10. The first-order valence-corrected chi connectivity index (χ1v) is 6.52. The van der Waals surface area contributed by atoms with Crippen LogP contribution in [0.5, 0.6) is 0 Å². The van der Waals surface area contributed by atoms with Crippen molar-refractivity contribution >= 4 is 40.5 Å². The number of aryl methyl sites for hydroxylation is 1. The van der Waals surface area contributed by atoms with Gasteiger partial charge in [0.2, 0.25) is 0 Å². The Kier molecular flexibility index (Phi) is 4.40. The van der Waals surface area contributed by atoms with Crippen molar-refractivity contribution in [2.45, 2.75) is 6.92 Å². The number of nitro benzene ring substituents is 1. The van der Waals surface area contributed by atoms with Gasteiger partial charge in [-0.15, -0.1) is 0 Å². The number of nitrogens with zero attached hydrogens (tertiary/aromatic N) is 2. The van der Waals surface area contributed by atoms with E-state index in [1.165, 1.54) is 24.3 Å². The van der Waals surface area contributed by atoms with E-state index in [9.17, 15) is 14.9 Å². The zero-order chi connectivity index (χ0) is 15.6. The molecule has 6 nitrogen and oxygen atoms in total. The molecule has 0 saturated heterocycles. The number of anilines is 1. The fraction of sp³-hybridized carbons (Fsp3) is 0.0769. The number of carbonyl (C=O) groups excluding carboxylic acids is 1. The molecule has 1 heterocycles. The fourth-order valence-electron chi connectivity index (χ4n) is 1.69. The zero-order valence-electron chi connectivity index (χ0n) is 10.8. The van der Waals surface area contributed by atoms with Gasteiger partial charge in [-0.25, -0.2) is 4.98 Å². The molecule has 8 heteroatoms. The largest absolute Gasteiger partial charge is 0.322 e. The predicted octanol–water partition coefficient (Wildman–Crippen LogP) is 3.86. The number of hydrogen-bond donors (Lipinski definition) is 1. The second-order valence-electron chi connectivity index (χ2n) is 4.20. The Morgan fingerprint density at radius 2 is 2.00 bits per heavy atom. The van der Waals surface area contributed by atoms with Gasteiger partial charge in [0.1, 0.15) is 10.2 Å². The van der Waals surface area contributed by atoms with Crippen LogP contribution in [-0.4, -0.2) is 15.8 Å². The van der Waals surface area contributed by atoms with Crippen molar-refractivity contribution in [3.63, 3.8) is 0 Å². The Morgan fingerprint density at radius 3 is 2.62 bits per heavy atom. The van der Waals surface area contributed by atoms with E-state index in [-0.39, 0.29) is 21.6 Å². The zero-order valence-corrected chi connectivity index (χ0v) is 12.3. The van der Waals surface area contributed by atoms with Crippen molar-refractivity contribution < 1.29 is 9.72 Å². The molecule has 0 aliphatic carbocycles. The summed E-state index contributed by atoms with van der Waals surface area (Å²) >= 11 is 11.5. The molecular formula is C13H9Cl2N3O3. The molecule has 1 aromatic carbocycles. The Labute approximate surface area is 129 Å². The molecule has 0 bridgehead atoms. The van der Waals surface area contributed by atoms with Crippen LogP contribution in [0.15, 0.2) is 30.3 Å². The molecule has 1 amide bonds. The number of nitrogens with one attached hydrogen (secondary N) is 1. The predicted molar refractivity (Wildman–Crippen MR) is 80.0 cm³/mol. The summed E-state index contributed by atoms with van der Waals surface area (Å²) in [4.78, 5) is 26.2. The average molecular weight is 326 g/mol. The lowest BCUT2D eigenvalue weighted by Crippen LogP contribution is -2.12. The van der Waals surface area contributed by atoms with Gasteiger partial charge in [0.05, 0.1) is 4.92 Å². The molecule has 0 radical (unpaired) electrons. The number of aromatic nitrogens is 1. The van der Waals surface area contributed by atoms with Crippen molar-refractivity contribution in [2.24, 2.45) is 0 Å². The lowest BCUT2D eigenvalue weighted by atomic mass is 10.2. The molecule has 0 aliphatic heterocycles. The number of carbonyl (C=O) groups is 1. The number of amides is 1.